The summed E-state index contributed by atoms with van der Waals surface area (Å²) < 4.78 is 5.29. The van der Waals surface area contributed by atoms with Crippen molar-refractivity contribution in [2.24, 2.45) is 5.10 Å². The molecular formula is C21H22N4O3S. The highest BCUT2D eigenvalue weighted by molar-refractivity contribution is 7.14. The topological polar surface area (TPSA) is 89.7 Å². The average molecular weight is 410 g/mol. The number of nitrogens with one attached hydrogen (secondary N) is 1. The fraction of sp³-hybridized carbons (Fsp3) is 0.238. The molecule has 0 aliphatic carbocycles. The van der Waals surface area contributed by atoms with E-state index in [-0.39, 0.29) is 11.4 Å². The van der Waals surface area contributed by atoms with Crippen molar-refractivity contribution < 1.29 is 9.66 Å². The molecule has 0 spiro atoms. The predicted molar refractivity (Wildman–Crippen MR) is 117 cm³/mol. The van der Waals surface area contributed by atoms with E-state index in [4.69, 9.17) is 4.74 Å². The minimum absolute atomic E-state index is 0.0855. The van der Waals surface area contributed by atoms with E-state index in [1.165, 1.54) is 40.3 Å². The summed E-state index contributed by atoms with van der Waals surface area (Å²) in [5, 5.41) is 18.0. The number of hydrogen-bond acceptors (Lipinski definition) is 7. The lowest BCUT2D eigenvalue weighted by Gasteiger charge is -2.08. The highest BCUT2D eigenvalue weighted by atomic mass is 32.1. The van der Waals surface area contributed by atoms with Crippen LogP contribution >= 0.6 is 11.3 Å². The molecule has 1 heterocycles. The van der Waals surface area contributed by atoms with Gasteiger partial charge < -0.3 is 4.74 Å². The SMILES string of the molecule is CCOc1ccc(/C=N\Nc2nc(-c3c(C)cc(C)cc3C)cs2)cc1[N+](=O)[O-]. The Balaban J connectivity index is 1.76. The van der Waals surface area contributed by atoms with Gasteiger partial charge in [0.05, 0.1) is 23.4 Å². The molecule has 1 N–H and O–H groups in total. The summed E-state index contributed by atoms with van der Waals surface area (Å²) in [5.74, 6) is 0.246. The molecule has 0 amide bonds. The predicted octanol–water partition coefficient (Wildman–Crippen LogP) is 5.49. The van der Waals surface area contributed by atoms with Crippen LogP contribution in [0.4, 0.5) is 10.8 Å². The Bertz CT molecular complexity index is 1050. The molecular weight excluding hydrogens is 388 g/mol. The summed E-state index contributed by atoms with van der Waals surface area (Å²) in [7, 11) is 0. The molecule has 0 radical (unpaired) electrons. The third-order valence-electron chi connectivity index (χ3n) is 4.29. The van der Waals surface area contributed by atoms with Gasteiger partial charge in [0, 0.05) is 22.6 Å². The Labute approximate surface area is 173 Å². The highest BCUT2D eigenvalue weighted by Crippen LogP contribution is 2.31. The van der Waals surface area contributed by atoms with Crippen molar-refractivity contribution in [3.63, 3.8) is 0 Å². The molecule has 7 nitrogen and oxygen atoms in total. The minimum Gasteiger partial charge on any atom is -0.487 e. The zero-order valence-electron chi connectivity index (χ0n) is 16.7. The number of nitro groups is 1. The second kappa shape index (κ2) is 8.83. The van der Waals surface area contributed by atoms with Gasteiger partial charge in [0.1, 0.15) is 0 Å². The van der Waals surface area contributed by atoms with Crippen molar-refractivity contribution in [3.05, 3.63) is 68.1 Å². The van der Waals surface area contributed by atoms with Crippen molar-refractivity contribution in [3.8, 4) is 17.0 Å². The van der Waals surface area contributed by atoms with Crippen LogP contribution in [0.15, 0.2) is 40.8 Å². The fourth-order valence-electron chi connectivity index (χ4n) is 3.22. The Hall–Kier alpha value is -3.26. The molecule has 1 aromatic heterocycles. The monoisotopic (exact) mass is 410 g/mol. The Morgan fingerprint density at radius 1 is 1.24 bits per heavy atom. The van der Waals surface area contributed by atoms with Gasteiger partial charge in [-0.1, -0.05) is 17.7 Å². The van der Waals surface area contributed by atoms with Gasteiger partial charge >= 0.3 is 5.69 Å². The van der Waals surface area contributed by atoms with Crippen LogP contribution in [0.1, 0.15) is 29.2 Å². The molecule has 29 heavy (non-hydrogen) atoms. The molecule has 0 fully saturated rings. The van der Waals surface area contributed by atoms with Gasteiger partial charge in [-0.2, -0.15) is 5.10 Å². The molecule has 3 aromatic rings. The lowest BCUT2D eigenvalue weighted by Crippen LogP contribution is -1.99. The molecule has 0 unspecified atom stereocenters. The van der Waals surface area contributed by atoms with Crippen LogP contribution in [0.25, 0.3) is 11.3 Å². The highest BCUT2D eigenvalue weighted by Gasteiger charge is 2.15. The van der Waals surface area contributed by atoms with E-state index in [0.29, 0.717) is 17.3 Å². The van der Waals surface area contributed by atoms with E-state index < -0.39 is 4.92 Å². The third-order valence-corrected chi connectivity index (χ3v) is 5.04. The second-order valence-electron chi connectivity index (χ2n) is 6.60. The van der Waals surface area contributed by atoms with Crippen LogP contribution < -0.4 is 10.2 Å². The lowest BCUT2D eigenvalue weighted by atomic mass is 9.98. The Morgan fingerprint density at radius 2 is 1.97 bits per heavy atom. The molecule has 3 rings (SSSR count). The van der Waals surface area contributed by atoms with Crippen molar-refractivity contribution in [2.75, 3.05) is 12.0 Å². The summed E-state index contributed by atoms with van der Waals surface area (Å²) in [6.07, 6.45) is 1.52. The largest absolute Gasteiger partial charge is 0.487 e. The number of rotatable bonds is 7. The van der Waals surface area contributed by atoms with Gasteiger partial charge in [0.25, 0.3) is 0 Å². The molecule has 0 saturated carbocycles. The number of anilines is 1. The quantitative estimate of drug-likeness (QED) is 0.316. The van der Waals surface area contributed by atoms with E-state index in [0.717, 1.165) is 11.3 Å². The van der Waals surface area contributed by atoms with Gasteiger partial charge in [-0.05, 0) is 51.0 Å². The van der Waals surface area contributed by atoms with Gasteiger partial charge in [-0.3, -0.25) is 15.5 Å². The average Bonchev–Trinajstić information content (AvgIpc) is 3.10. The maximum atomic E-state index is 11.2. The van der Waals surface area contributed by atoms with Gasteiger partial charge in [0.15, 0.2) is 5.75 Å². The van der Waals surface area contributed by atoms with Crippen LogP contribution in [0.5, 0.6) is 5.75 Å². The summed E-state index contributed by atoms with van der Waals surface area (Å²) in [6.45, 7) is 8.39. The second-order valence-corrected chi connectivity index (χ2v) is 7.46. The molecule has 0 bridgehead atoms. The van der Waals surface area contributed by atoms with Crippen LogP contribution in [-0.2, 0) is 0 Å². The number of hydrogen-bond donors (Lipinski definition) is 1. The number of nitro benzene ring substituents is 1. The fourth-order valence-corrected chi connectivity index (χ4v) is 3.87. The molecule has 8 heteroatoms. The van der Waals surface area contributed by atoms with E-state index in [2.05, 4.69) is 48.4 Å². The zero-order valence-corrected chi connectivity index (χ0v) is 17.5. The van der Waals surface area contributed by atoms with Gasteiger partial charge in [0.2, 0.25) is 5.13 Å². The molecule has 0 atom stereocenters. The zero-order chi connectivity index (χ0) is 21.0. The lowest BCUT2D eigenvalue weighted by molar-refractivity contribution is -0.385. The van der Waals surface area contributed by atoms with E-state index in [1.54, 1.807) is 19.1 Å². The number of thiazole rings is 1. The Morgan fingerprint density at radius 3 is 2.62 bits per heavy atom. The molecule has 2 aromatic carbocycles. The van der Waals surface area contributed by atoms with Crippen molar-refractivity contribution in [1.29, 1.82) is 0 Å². The van der Waals surface area contributed by atoms with Crippen LogP contribution in [0, 0.1) is 30.9 Å². The maximum absolute atomic E-state index is 11.2. The normalized spacial score (nSPS) is 11.0. The van der Waals surface area contributed by atoms with E-state index in [1.807, 2.05) is 5.38 Å². The number of ether oxygens (including phenoxy) is 1. The number of aryl methyl sites for hydroxylation is 3. The van der Waals surface area contributed by atoms with Crippen molar-refractivity contribution in [1.82, 2.24) is 4.98 Å². The maximum Gasteiger partial charge on any atom is 0.311 e. The standard InChI is InChI=1S/C21H22N4O3S/c1-5-28-19-7-6-16(10-18(19)25(26)27)11-22-24-21-23-17(12-29-21)20-14(3)8-13(2)9-15(20)4/h6-12H,5H2,1-4H3,(H,23,24)/b22-11-. The number of nitrogens with zero attached hydrogens (tertiary/aromatic N) is 3. The summed E-state index contributed by atoms with van der Waals surface area (Å²) in [6, 6.07) is 9.02. The first-order chi connectivity index (χ1) is 13.9. The molecule has 0 saturated heterocycles. The number of benzene rings is 2. The van der Waals surface area contributed by atoms with Crippen molar-refractivity contribution >= 4 is 28.4 Å². The van der Waals surface area contributed by atoms with Crippen molar-refractivity contribution in [2.45, 2.75) is 27.7 Å². The van der Waals surface area contributed by atoms with Crippen LogP contribution in [0.3, 0.4) is 0 Å². The first kappa shape index (κ1) is 20.5. The summed E-state index contributed by atoms with van der Waals surface area (Å²) >= 11 is 1.45. The number of hydrazone groups is 1. The van der Waals surface area contributed by atoms with Crippen LogP contribution in [0.2, 0.25) is 0 Å². The molecule has 150 valence electrons. The first-order valence-electron chi connectivity index (χ1n) is 9.13. The van der Waals surface area contributed by atoms with E-state index >= 15 is 0 Å². The van der Waals surface area contributed by atoms with Crippen LogP contribution in [-0.4, -0.2) is 22.7 Å². The third kappa shape index (κ3) is 4.78. The number of aromatic nitrogens is 1. The Kier molecular flexibility index (Phi) is 6.23. The van der Waals surface area contributed by atoms with E-state index in [9.17, 15) is 10.1 Å². The summed E-state index contributed by atoms with van der Waals surface area (Å²) in [5.41, 5.74) is 9.04. The minimum atomic E-state index is -0.463. The molecule has 0 aliphatic rings. The first-order valence-corrected chi connectivity index (χ1v) is 10.0. The summed E-state index contributed by atoms with van der Waals surface area (Å²) in [4.78, 5) is 15.4. The smallest absolute Gasteiger partial charge is 0.311 e. The molecule has 0 aliphatic heterocycles. The van der Waals surface area contributed by atoms with Gasteiger partial charge in [-0.15, -0.1) is 11.3 Å². The van der Waals surface area contributed by atoms with Gasteiger partial charge in [-0.25, -0.2) is 4.98 Å².